The molecule has 1 rings (SSSR count). The van der Waals surface area contributed by atoms with Crippen LogP contribution in [0.5, 0.6) is 0 Å². The van der Waals surface area contributed by atoms with Gasteiger partial charge in [-0.25, -0.2) is 0 Å². The largest absolute Gasteiger partial charge is 0.381 e. The number of nitrogens with one attached hydrogen (secondary N) is 1. The zero-order valence-corrected chi connectivity index (χ0v) is 9.02. The minimum absolute atomic E-state index is 0.00977. The number of hydrazine groups is 1. The van der Waals surface area contributed by atoms with Crippen LogP contribution in [0.1, 0.15) is 31.5 Å². The minimum Gasteiger partial charge on any atom is -0.381 e. The fraction of sp³-hybridized carbons (Fsp3) is 0.600. The predicted molar refractivity (Wildman–Crippen MR) is 57.8 cm³/mol. The Hall–Kier alpha value is -1.04. The molecule has 0 aliphatic heterocycles. The van der Waals surface area contributed by atoms with Crippen LogP contribution in [-0.4, -0.2) is 23.2 Å². The molecule has 0 radical (unpaired) electrons. The zero-order chi connectivity index (χ0) is 10.9. The first-order valence-electron chi connectivity index (χ1n) is 5.18. The smallest absolute Gasteiger partial charge is 0.0770 e. The van der Waals surface area contributed by atoms with Gasteiger partial charge in [-0.2, -0.15) is 0 Å². The Morgan fingerprint density at radius 1 is 1.47 bits per heavy atom. The van der Waals surface area contributed by atoms with Crippen molar-refractivity contribution in [3.63, 3.8) is 0 Å². The highest BCUT2D eigenvalue weighted by Gasteiger charge is 2.10. The van der Waals surface area contributed by atoms with Crippen LogP contribution in [0.2, 0.25) is 0 Å². The van der Waals surface area contributed by atoms with Crippen molar-refractivity contribution in [2.24, 2.45) is 5.84 Å². The van der Waals surface area contributed by atoms with Gasteiger partial charge >= 0.3 is 0 Å². The Balaban J connectivity index is 2.36. The molecule has 0 saturated carbocycles. The molecule has 84 valence electrons. The molecule has 0 spiro atoms. The van der Waals surface area contributed by atoms with E-state index in [2.05, 4.69) is 22.3 Å². The summed E-state index contributed by atoms with van der Waals surface area (Å²) in [7, 11) is 0. The Kier molecular flexibility index (Phi) is 5.84. The second-order valence-corrected chi connectivity index (χ2v) is 3.25. The summed E-state index contributed by atoms with van der Waals surface area (Å²) in [6, 6.07) is 0.00977. The third kappa shape index (κ3) is 4.33. The first-order chi connectivity index (χ1) is 7.38. The van der Waals surface area contributed by atoms with Crippen LogP contribution in [0.15, 0.2) is 18.6 Å². The summed E-state index contributed by atoms with van der Waals surface area (Å²) >= 11 is 0. The lowest BCUT2D eigenvalue weighted by molar-refractivity contribution is 0.124. The summed E-state index contributed by atoms with van der Waals surface area (Å²) in [6.07, 6.45) is 6.85. The first kappa shape index (κ1) is 12.0. The Morgan fingerprint density at radius 2 is 2.33 bits per heavy atom. The van der Waals surface area contributed by atoms with Crippen LogP contribution >= 0.6 is 0 Å². The highest BCUT2D eigenvalue weighted by molar-refractivity contribution is 5.01. The van der Waals surface area contributed by atoms with E-state index in [1.807, 2.05) is 0 Å². The van der Waals surface area contributed by atoms with Gasteiger partial charge in [0.05, 0.1) is 17.9 Å². The Bertz CT molecular complexity index is 255. The molecule has 1 aromatic rings. The number of hydrogen-bond donors (Lipinski definition) is 2. The normalized spacial score (nSPS) is 12.7. The van der Waals surface area contributed by atoms with Gasteiger partial charge in [-0.15, -0.1) is 0 Å². The molecule has 0 aliphatic carbocycles. The zero-order valence-electron chi connectivity index (χ0n) is 9.02. The van der Waals surface area contributed by atoms with E-state index in [-0.39, 0.29) is 6.04 Å². The molecule has 5 nitrogen and oxygen atoms in total. The molecule has 0 bridgehead atoms. The van der Waals surface area contributed by atoms with E-state index in [1.165, 1.54) is 0 Å². The minimum atomic E-state index is 0.00977. The molecule has 1 atom stereocenters. The van der Waals surface area contributed by atoms with Gasteiger partial charge in [-0.1, -0.05) is 6.92 Å². The van der Waals surface area contributed by atoms with Crippen molar-refractivity contribution < 1.29 is 4.74 Å². The number of aromatic nitrogens is 2. The fourth-order valence-corrected chi connectivity index (χ4v) is 1.25. The average Bonchev–Trinajstić information content (AvgIpc) is 2.30. The van der Waals surface area contributed by atoms with Gasteiger partial charge in [-0.05, 0) is 12.8 Å². The molecule has 1 unspecified atom stereocenters. The molecule has 1 heterocycles. The molecule has 0 aliphatic rings. The van der Waals surface area contributed by atoms with Gasteiger partial charge in [0.25, 0.3) is 0 Å². The maximum Gasteiger partial charge on any atom is 0.0770 e. The lowest BCUT2D eigenvalue weighted by Gasteiger charge is -2.14. The number of ether oxygens (including phenoxy) is 1. The Morgan fingerprint density at radius 3 is 2.93 bits per heavy atom. The summed E-state index contributed by atoms with van der Waals surface area (Å²) in [5.41, 5.74) is 3.56. The number of rotatable bonds is 7. The average molecular weight is 210 g/mol. The Labute approximate surface area is 90.0 Å². The van der Waals surface area contributed by atoms with Crippen molar-refractivity contribution in [1.82, 2.24) is 15.4 Å². The van der Waals surface area contributed by atoms with Gasteiger partial charge in [0.15, 0.2) is 0 Å². The highest BCUT2D eigenvalue weighted by Crippen LogP contribution is 2.11. The maximum atomic E-state index is 5.45. The van der Waals surface area contributed by atoms with Crippen molar-refractivity contribution in [1.29, 1.82) is 0 Å². The predicted octanol–water partition coefficient (Wildman–Crippen LogP) is 0.798. The summed E-state index contributed by atoms with van der Waals surface area (Å²) in [5, 5.41) is 0. The molecule has 0 aromatic carbocycles. The fourth-order valence-electron chi connectivity index (χ4n) is 1.25. The SMILES string of the molecule is CCCOCCC(NN)c1cnccn1. The molecule has 0 saturated heterocycles. The summed E-state index contributed by atoms with van der Waals surface area (Å²) < 4.78 is 5.39. The third-order valence-corrected chi connectivity index (χ3v) is 2.04. The first-order valence-corrected chi connectivity index (χ1v) is 5.18. The number of hydrogen-bond acceptors (Lipinski definition) is 5. The quantitative estimate of drug-likeness (QED) is 0.395. The summed E-state index contributed by atoms with van der Waals surface area (Å²) in [5.74, 6) is 5.45. The molecule has 5 heteroatoms. The monoisotopic (exact) mass is 210 g/mol. The van der Waals surface area contributed by atoms with Crippen LogP contribution in [0.3, 0.4) is 0 Å². The summed E-state index contributed by atoms with van der Waals surface area (Å²) in [6.45, 7) is 3.55. The lowest BCUT2D eigenvalue weighted by atomic mass is 10.1. The second kappa shape index (κ2) is 7.28. The molecule has 0 fully saturated rings. The van der Waals surface area contributed by atoms with Crippen LogP contribution in [-0.2, 0) is 4.74 Å². The van der Waals surface area contributed by atoms with Crippen LogP contribution in [0.25, 0.3) is 0 Å². The molecule has 15 heavy (non-hydrogen) atoms. The second-order valence-electron chi connectivity index (χ2n) is 3.25. The van der Waals surface area contributed by atoms with Gasteiger partial charge in [0, 0.05) is 25.6 Å². The van der Waals surface area contributed by atoms with E-state index in [0.717, 1.165) is 25.1 Å². The van der Waals surface area contributed by atoms with Crippen molar-refractivity contribution in [2.75, 3.05) is 13.2 Å². The van der Waals surface area contributed by atoms with Crippen molar-refractivity contribution >= 4 is 0 Å². The molecule has 3 N–H and O–H groups in total. The van der Waals surface area contributed by atoms with Crippen molar-refractivity contribution in [3.8, 4) is 0 Å². The van der Waals surface area contributed by atoms with Crippen LogP contribution in [0.4, 0.5) is 0 Å². The molecule has 1 aromatic heterocycles. The third-order valence-electron chi connectivity index (χ3n) is 2.04. The van der Waals surface area contributed by atoms with Gasteiger partial charge in [-0.3, -0.25) is 21.2 Å². The lowest BCUT2D eigenvalue weighted by Crippen LogP contribution is -2.29. The molecule has 0 amide bonds. The molecular weight excluding hydrogens is 192 g/mol. The van der Waals surface area contributed by atoms with Crippen molar-refractivity contribution in [2.45, 2.75) is 25.8 Å². The standard InChI is InChI=1S/C10H18N4O/c1-2-6-15-7-3-9(14-11)10-8-12-4-5-13-10/h4-5,8-9,14H,2-3,6-7,11H2,1H3. The van der Waals surface area contributed by atoms with E-state index in [1.54, 1.807) is 18.6 Å². The van der Waals surface area contributed by atoms with E-state index in [0.29, 0.717) is 6.61 Å². The number of nitrogens with zero attached hydrogens (tertiary/aromatic N) is 2. The van der Waals surface area contributed by atoms with E-state index in [4.69, 9.17) is 10.6 Å². The summed E-state index contributed by atoms with van der Waals surface area (Å²) in [4.78, 5) is 8.19. The van der Waals surface area contributed by atoms with Gasteiger partial charge < -0.3 is 4.74 Å². The van der Waals surface area contributed by atoms with Gasteiger partial charge in [0.2, 0.25) is 0 Å². The van der Waals surface area contributed by atoms with Crippen LogP contribution < -0.4 is 11.3 Å². The molecular formula is C10H18N4O. The van der Waals surface area contributed by atoms with Crippen molar-refractivity contribution in [3.05, 3.63) is 24.3 Å². The van der Waals surface area contributed by atoms with E-state index < -0.39 is 0 Å². The maximum absolute atomic E-state index is 5.45. The van der Waals surface area contributed by atoms with Gasteiger partial charge in [0.1, 0.15) is 0 Å². The van der Waals surface area contributed by atoms with E-state index in [9.17, 15) is 0 Å². The van der Waals surface area contributed by atoms with Crippen LogP contribution in [0, 0.1) is 0 Å². The topological polar surface area (TPSA) is 73.1 Å². The van der Waals surface area contributed by atoms with E-state index >= 15 is 0 Å². The highest BCUT2D eigenvalue weighted by atomic mass is 16.5. The number of nitrogens with two attached hydrogens (primary N) is 1.